The number of hydrogen-bond acceptors (Lipinski definition) is 10. The van der Waals surface area contributed by atoms with Crippen molar-refractivity contribution in [2.45, 2.75) is 30.8 Å². The van der Waals surface area contributed by atoms with Gasteiger partial charge in [0.1, 0.15) is 19.0 Å². The van der Waals surface area contributed by atoms with Gasteiger partial charge in [-0.15, -0.1) is 0 Å². The van der Waals surface area contributed by atoms with Crippen LogP contribution >= 0.6 is 0 Å². The number of aliphatic hydroxyl groups excluding tert-OH is 1. The molecule has 2 aromatic carbocycles. The average Bonchev–Trinajstić information content (AvgIpc) is 3.10. The van der Waals surface area contributed by atoms with Crippen molar-refractivity contribution >= 4 is 22.7 Å². The fourth-order valence-corrected chi connectivity index (χ4v) is 4.10. The molecule has 2 aromatic rings. The van der Waals surface area contributed by atoms with Crippen molar-refractivity contribution in [3.05, 3.63) is 47.5 Å². The third kappa shape index (κ3) is 5.66. The van der Waals surface area contributed by atoms with E-state index in [9.17, 15) is 18.9 Å². The summed E-state index contributed by atoms with van der Waals surface area (Å²) in [6, 6.07) is 10.5. The molecule has 34 heavy (non-hydrogen) atoms. The lowest BCUT2D eigenvalue weighted by Gasteiger charge is -2.30. The van der Waals surface area contributed by atoms with E-state index >= 15 is 0 Å². The Morgan fingerprint density at radius 3 is 2.32 bits per heavy atom. The van der Waals surface area contributed by atoms with Crippen LogP contribution in [0.3, 0.4) is 0 Å². The number of para-hydroxylation sites is 1. The summed E-state index contributed by atoms with van der Waals surface area (Å²) in [4.78, 5) is 24.1. The lowest BCUT2D eigenvalue weighted by Crippen LogP contribution is -2.58. The first kappa shape index (κ1) is 25.5. The molecule has 0 saturated carbocycles. The van der Waals surface area contributed by atoms with Gasteiger partial charge < -0.3 is 28.8 Å². The topological polar surface area (TPSA) is 130 Å². The number of methoxy groups -OCH3 is 1. The minimum Gasteiger partial charge on any atom is -0.493 e. The van der Waals surface area contributed by atoms with Crippen LogP contribution in [0, 0.1) is 13.8 Å². The van der Waals surface area contributed by atoms with Gasteiger partial charge in [-0.05, 0) is 37.1 Å². The Balaban J connectivity index is 1.65. The zero-order valence-corrected chi connectivity index (χ0v) is 20.1. The van der Waals surface area contributed by atoms with Crippen molar-refractivity contribution in [2.24, 2.45) is 0 Å². The number of rotatable bonds is 11. The van der Waals surface area contributed by atoms with Crippen LogP contribution in [-0.4, -0.2) is 66.4 Å². The van der Waals surface area contributed by atoms with Gasteiger partial charge in [-0.1, -0.05) is 18.2 Å². The Morgan fingerprint density at radius 1 is 1.03 bits per heavy atom. The summed E-state index contributed by atoms with van der Waals surface area (Å²) in [6.45, 7) is 3.38. The van der Waals surface area contributed by atoms with E-state index in [-0.39, 0.29) is 19.8 Å². The molecule has 1 heterocycles. The van der Waals surface area contributed by atoms with Gasteiger partial charge in [0.25, 0.3) is 0 Å². The lowest BCUT2D eigenvalue weighted by molar-refractivity contribution is -0.240. The molecule has 0 aromatic heterocycles. The third-order valence-electron chi connectivity index (χ3n) is 5.09. The molecule has 1 aliphatic heterocycles. The molecule has 2 atom stereocenters. The molecule has 0 aliphatic carbocycles. The molecule has 1 fully saturated rings. The van der Waals surface area contributed by atoms with E-state index in [1.54, 1.807) is 37.4 Å². The number of nitrogens with one attached hydrogen (secondary N) is 1. The molecule has 0 radical (unpaired) electrons. The van der Waals surface area contributed by atoms with Gasteiger partial charge in [-0.25, -0.2) is 14.9 Å². The van der Waals surface area contributed by atoms with Gasteiger partial charge in [0.05, 0.1) is 17.9 Å². The summed E-state index contributed by atoms with van der Waals surface area (Å²) in [6.07, 6.45) is 0.0439. The maximum atomic E-state index is 11.9. The zero-order chi connectivity index (χ0) is 24.9. The summed E-state index contributed by atoms with van der Waals surface area (Å²) in [5, 5.41) is 13.4. The van der Waals surface area contributed by atoms with E-state index in [1.165, 1.54) is 7.11 Å². The monoisotopic (exact) mass is 493 g/mol. The second kappa shape index (κ2) is 10.9. The van der Waals surface area contributed by atoms with Gasteiger partial charge in [-0.2, -0.15) is 0 Å². The van der Waals surface area contributed by atoms with Crippen molar-refractivity contribution in [1.29, 1.82) is 0 Å². The first-order valence-corrected chi connectivity index (χ1v) is 12.0. The average molecular weight is 494 g/mol. The van der Waals surface area contributed by atoms with Crippen LogP contribution < -0.4 is 19.5 Å². The lowest BCUT2D eigenvalue weighted by atomic mass is 10.2. The molecule has 1 aliphatic rings. The summed E-state index contributed by atoms with van der Waals surface area (Å²) in [5.74, 6) is -3.25. The van der Waals surface area contributed by atoms with Gasteiger partial charge in [0, 0.05) is 23.8 Å². The highest BCUT2D eigenvalue weighted by Crippen LogP contribution is 2.32. The Hall–Kier alpha value is -3.15. The van der Waals surface area contributed by atoms with Crippen molar-refractivity contribution in [2.75, 3.05) is 33.1 Å². The van der Waals surface area contributed by atoms with E-state index < -0.39 is 34.8 Å². The molecule has 2 unspecified atom stereocenters. The number of esters is 2. The molecule has 3 rings (SSSR count). The summed E-state index contributed by atoms with van der Waals surface area (Å²) in [7, 11) is 0.278. The first-order chi connectivity index (χ1) is 16.2. The Bertz CT molecular complexity index is 1070. The number of aliphatic hydroxyl groups is 1. The van der Waals surface area contributed by atoms with Crippen LogP contribution in [0.25, 0.3) is 0 Å². The molecule has 2 N–H and O–H groups in total. The second-order valence-electron chi connectivity index (χ2n) is 7.54. The zero-order valence-electron chi connectivity index (χ0n) is 19.3. The maximum Gasteiger partial charge on any atom is 0.422 e. The Morgan fingerprint density at radius 2 is 1.71 bits per heavy atom. The molecule has 0 spiro atoms. The van der Waals surface area contributed by atoms with Gasteiger partial charge >= 0.3 is 17.8 Å². The van der Waals surface area contributed by atoms with E-state index in [2.05, 4.69) is 5.32 Å². The van der Waals surface area contributed by atoms with Crippen molar-refractivity contribution in [1.82, 2.24) is 5.32 Å². The number of benzene rings is 2. The maximum absolute atomic E-state index is 11.9. The number of carbonyl (C=O) groups is 2. The highest BCUT2D eigenvalue weighted by Gasteiger charge is 2.54. The SMILES string of the molecule is COc1cc(S(C)=O)c(C)cc1OCCNC1(C(O)COc2ccccc2C)OC(=O)C(=O)O1. The van der Waals surface area contributed by atoms with Crippen LogP contribution in [0.2, 0.25) is 0 Å². The van der Waals surface area contributed by atoms with Crippen LogP contribution in [0.5, 0.6) is 17.2 Å². The smallest absolute Gasteiger partial charge is 0.422 e. The summed E-state index contributed by atoms with van der Waals surface area (Å²) >= 11 is 0. The van der Waals surface area contributed by atoms with E-state index in [0.29, 0.717) is 22.1 Å². The molecule has 1 saturated heterocycles. The van der Waals surface area contributed by atoms with Crippen molar-refractivity contribution in [3.8, 4) is 17.2 Å². The number of aryl methyl sites for hydroxylation is 2. The number of ether oxygens (including phenoxy) is 5. The van der Waals surface area contributed by atoms with E-state index in [0.717, 1.165) is 11.1 Å². The highest BCUT2D eigenvalue weighted by molar-refractivity contribution is 7.84. The third-order valence-corrected chi connectivity index (χ3v) is 6.15. The van der Waals surface area contributed by atoms with Crippen LogP contribution in [0.1, 0.15) is 11.1 Å². The Kier molecular flexibility index (Phi) is 8.13. The molecular weight excluding hydrogens is 466 g/mol. The van der Waals surface area contributed by atoms with E-state index in [4.69, 9.17) is 23.7 Å². The highest BCUT2D eigenvalue weighted by atomic mass is 32.2. The predicted molar refractivity (Wildman–Crippen MR) is 121 cm³/mol. The molecule has 10 nitrogen and oxygen atoms in total. The summed E-state index contributed by atoms with van der Waals surface area (Å²) in [5.41, 5.74) is 1.61. The van der Waals surface area contributed by atoms with Gasteiger partial charge in [0.2, 0.25) is 0 Å². The van der Waals surface area contributed by atoms with Gasteiger partial charge in [-0.3, -0.25) is 4.21 Å². The fourth-order valence-electron chi connectivity index (χ4n) is 3.31. The number of carbonyl (C=O) groups excluding carboxylic acids is 2. The van der Waals surface area contributed by atoms with Gasteiger partial charge in [0.15, 0.2) is 17.6 Å². The predicted octanol–water partition coefficient (Wildman–Crippen LogP) is 1.21. The quantitative estimate of drug-likeness (QED) is 0.268. The molecule has 11 heteroatoms. The molecular formula is C23H27NO9S. The Labute approximate surface area is 199 Å². The van der Waals surface area contributed by atoms with Crippen LogP contribution in [0.15, 0.2) is 41.3 Å². The van der Waals surface area contributed by atoms with Crippen molar-refractivity contribution < 1.29 is 42.6 Å². The van der Waals surface area contributed by atoms with Crippen LogP contribution in [0.4, 0.5) is 0 Å². The molecule has 0 bridgehead atoms. The minimum absolute atomic E-state index is 0.0195. The van der Waals surface area contributed by atoms with Crippen LogP contribution in [-0.2, 0) is 29.9 Å². The molecule has 184 valence electrons. The standard InChI is InChI=1S/C23H27NO9S/c1-14-7-5-6-8-16(14)31-13-20(25)23(32-21(26)22(27)33-23)24-9-10-30-18-11-15(2)19(34(4)28)12-17(18)29-3/h5-8,11-12,20,24-25H,9-10,13H2,1-4H3. The molecule has 0 amide bonds. The normalized spacial score (nSPS) is 16.4. The number of cyclic esters (lactones) is 2. The largest absolute Gasteiger partial charge is 0.493 e. The minimum atomic E-state index is -2.12. The fraction of sp³-hybridized carbons (Fsp3) is 0.391. The second-order valence-corrected chi connectivity index (χ2v) is 8.88. The summed E-state index contributed by atoms with van der Waals surface area (Å²) < 4.78 is 38.6. The van der Waals surface area contributed by atoms with E-state index in [1.807, 2.05) is 19.1 Å². The first-order valence-electron chi connectivity index (χ1n) is 10.4. The number of hydrogen-bond donors (Lipinski definition) is 2. The van der Waals surface area contributed by atoms with Crippen molar-refractivity contribution in [3.63, 3.8) is 0 Å².